The largest absolute Gasteiger partial charge is 0.573 e. The van der Waals surface area contributed by atoms with Gasteiger partial charge in [0.15, 0.2) is 0 Å². The van der Waals surface area contributed by atoms with Gasteiger partial charge >= 0.3 is 6.36 Å². The van der Waals surface area contributed by atoms with Crippen molar-refractivity contribution in [3.05, 3.63) is 29.8 Å². The van der Waals surface area contributed by atoms with Crippen LogP contribution in [0.2, 0.25) is 0 Å². The molecule has 0 unspecified atom stereocenters. The molecule has 0 spiro atoms. The minimum Gasteiger partial charge on any atom is -0.406 e. The SMILES string of the molecule is CC1CCC(N)(c2cccc(OC(F)(F)F)c2)CC1. The van der Waals surface area contributed by atoms with Gasteiger partial charge in [0.05, 0.1) is 0 Å². The van der Waals surface area contributed by atoms with Crippen molar-refractivity contribution < 1.29 is 17.9 Å². The molecule has 1 aromatic rings. The molecule has 0 aromatic heterocycles. The fourth-order valence-corrected chi connectivity index (χ4v) is 2.57. The average molecular weight is 273 g/mol. The van der Waals surface area contributed by atoms with E-state index in [1.165, 1.54) is 12.1 Å². The first-order chi connectivity index (χ1) is 8.78. The predicted molar refractivity (Wildman–Crippen MR) is 66.6 cm³/mol. The second-order valence-electron chi connectivity index (χ2n) is 5.41. The lowest BCUT2D eigenvalue weighted by molar-refractivity contribution is -0.274. The highest BCUT2D eigenvalue weighted by Crippen LogP contribution is 2.38. The first-order valence-corrected chi connectivity index (χ1v) is 6.44. The van der Waals surface area contributed by atoms with Gasteiger partial charge in [0.1, 0.15) is 5.75 Å². The van der Waals surface area contributed by atoms with Crippen molar-refractivity contribution in [3.8, 4) is 5.75 Å². The summed E-state index contributed by atoms with van der Waals surface area (Å²) in [5.74, 6) is 0.430. The second-order valence-corrected chi connectivity index (χ2v) is 5.41. The maximum atomic E-state index is 12.2. The van der Waals surface area contributed by atoms with E-state index in [2.05, 4.69) is 11.7 Å². The fourth-order valence-electron chi connectivity index (χ4n) is 2.57. The minimum absolute atomic E-state index is 0.201. The number of hydrogen-bond acceptors (Lipinski definition) is 2. The molecule has 5 heteroatoms. The van der Waals surface area contributed by atoms with Gasteiger partial charge in [-0.15, -0.1) is 13.2 Å². The van der Waals surface area contributed by atoms with Crippen LogP contribution in [0.15, 0.2) is 24.3 Å². The van der Waals surface area contributed by atoms with Crippen molar-refractivity contribution in [1.29, 1.82) is 0 Å². The molecule has 1 saturated carbocycles. The lowest BCUT2D eigenvalue weighted by atomic mass is 9.74. The number of hydrogen-bond donors (Lipinski definition) is 1. The van der Waals surface area contributed by atoms with Crippen molar-refractivity contribution in [2.24, 2.45) is 11.7 Å². The molecule has 2 N–H and O–H groups in total. The molecule has 0 amide bonds. The lowest BCUT2D eigenvalue weighted by Crippen LogP contribution is -2.40. The summed E-state index contributed by atoms with van der Waals surface area (Å²) in [7, 11) is 0. The summed E-state index contributed by atoms with van der Waals surface area (Å²) in [6.45, 7) is 2.17. The van der Waals surface area contributed by atoms with E-state index in [1.54, 1.807) is 12.1 Å². The van der Waals surface area contributed by atoms with Gasteiger partial charge in [0.25, 0.3) is 0 Å². The molecule has 1 aliphatic carbocycles. The van der Waals surface area contributed by atoms with Gasteiger partial charge in [-0.25, -0.2) is 0 Å². The number of rotatable bonds is 2. The molecule has 0 radical (unpaired) electrons. The van der Waals surface area contributed by atoms with E-state index in [4.69, 9.17) is 5.73 Å². The van der Waals surface area contributed by atoms with Gasteiger partial charge in [-0.05, 0) is 49.3 Å². The van der Waals surface area contributed by atoms with E-state index >= 15 is 0 Å². The maximum Gasteiger partial charge on any atom is 0.573 e. The van der Waals surface area contributed by atoms with E-state index in [-0.39, 0.29) is 5.75 Å². The summed E-state index contributed by atoms with van der Waals surface area (Å²) in [5, 5.41) is 0. The number of nitrogens with two attached hydrogens (primary N) is 1. The monoisotopic (exact) mass is 273 g/mol. The predicted octanol–water partition coefficient (Wildman–Crippen LogP) is 3.95. The molecule has 2 nitrogen and oxygen atoms in total. The Kier molecular flexibility index (Phi) is 3.76. The van der Waals surface area contributed by atoms with Crippen molar-refractivity contribution in [3.63, 3.8) is 0 Å². The Hall–Kier alpha value is -1.23. The van der Waals surface area contributed by atoms with Crippen LogP contribution in [-0.4, -0.2) is 6.36 Å². The Balaban J connectivity index is 2.18. The summed E-state index contributed by atoms with van der Waals surface area (Å²) in [5.41, 5.74) is 6.53. The van der Waals surface area contributed by atoms with Crippen molar-refractivity contribution in [1.82, 2.24) is 0 Å². The number of benzene rings is 1. The topological polar surface area (TPSA) is 35.2 Å². The third-order valence-electron chi connectivity index (χ3n) is 3.81. The summed E-state index contributed by atoms with van der Waals surface area (Å²) in [6.07, 6.45) is -1.07. The van der Waals surface area contributed by atoms with Crippen LogP contribution >= 0.6 is 0 Å². The molecule has 19 heavy (non-hydrogen) atoms. The summed E-state index contributed by atoms with van der Waals surface area (Å²) >= 11 is 0. The highest BCUT2D eigenvalue weighted by molar-refractivity contribution is 5.33. The van der Waals surface area contributed by atoms with Crippen LogP contribution in [0.5, 0.6) is 5.75 Å². The van der Waals surface area contributed by atoms with Crippen LogP contribution < -0.4 is 10.5 Å². The smallest absolute Gasteiger partial charge is 0.406 e. The standard InChI is InChI=1S/C14H18F3NO/c1-10-5-7-13(18,8-6-10)11-3-2-4-12(9-11)19-14(15,16)17/h2-4,9-10H,5-8,18H2,1H3. The molecular formula is C14H18F3NO. The second kappa shape index (κ2) is 5.04. The quantitative estimate of drug-likeness (QED) is 0.885. The maximum absolute atomic E-state index is 12.2. The van der Waals surface area contributed by atoms with Crippen molar-refractivity contribution in [2.45, 2.75) is 44.5 Å². The Morgan fingerprint density at radius 2 is 1.89 bits per heavy atom. The van der Waals surface area contributed by atoms with Crippen LogP contribution in [0.3, 0.4) is 0 Å². The van der Waals surface area contributed by atoms with Gasteiger partial charge in [0.2, 0.25) is 0 Å². The molecule has 0 saturated heterocycles. The Morgan fingerprint density at radius 1 is 1.26 bits per heavy atom. The first-order valence-electron chi connectivity index (χ1n) is 6.44. The summed E-state index contributed by atoms with van der Waals surface area (Å²) in [4.78, 5) is 0. The van der Waals surface area contributed by atoms with Crippen LogP contribution in [0.25, 0.3) is 0 Å². The molecule has 106 valence electrons. The van der Waals surface area contributed by atoms with Gasteiger partial charge in [-0.2, -0.15) is 0 Å². The number of halogens is 3. The summed E-state index contributed by atoms with van der Waals surface area (Å²) < 4.78 is 40.6. The molecular weight excluding hydrogens is 255 g/mol. The summed E-state index contributed by atoms with van der Waals surface area (Å²) in [6, 6.07) is 6.04. The molecule has 0 aliphatic heterocycles. The van der Waals surface area contributed by atoms with Crippen LogP contribution in [0, 0.1) is 5.92 Å². The van der Waals surface area contributed by atoms with Crippen LogP contribution in [-0.2, 0) is 5.54 Å². The van der Waals surface area contributed by atoms with Gasteiger partial charge < -0.3 is 10.5 Å². The molecule has 1 fully saturated rings. The van der Waals surface area contributed by atoms with Gasteiger partial charge in [-0.3, -0.25) is 0 Å². The highest BCUT2D eigenvalue weighted by Gasteiger charge is 2.34. The number of alkyl halides is 3. The third kappa shape index (κ3) is 3.62. The first kappa shape index (κ1) is 14.2. The van der Waals surface area contributed by atoms with Gasteiger partial charge in [0, 0.05) is 5.54 Å². The van der Waals surface area contributed by atoms with Crippen molar-refractivity contribution in [2.75, 3.05) is 0 Å². The minimum atomic E-state index is -4.67. The van der Waals surface area contributed by atoms with Crippen molar-refractivity contribution >= 4 is 0 Å². The molecule has 0 heterocycles. The van der Waals surface area contributed by atoms with Crippen LogP contribution in [0.4, 0.5) is 13.2 Å². The fraction of sp³-hybridized carbons (Fsp3) is 0.571. The Bertz CT molecular complexity index is 437. The normalized spacial score (nSPS) is 28.2. The van der Waals surface area contributed by atoms with E-state index in [1.807, 2.05) is 0 Å². The molecule has 0 bridgehead atoms. The zero-order valence-corrected chi connectivity index (χ0v) is 10.8. The van der Waals surface area contributed by atoms with E-state index in [9.17, 15) is 13.2 Å². The lowest BCUT2D eigenvalue weighted by Gasteiger charge is -2.36. The number of ether oxygens (including phenoxy) is 1. The Labute approximate surface area is 110 Å². The molecule has 2 rings (SSSR count). The molecule has 0 atom stereocenters. The van der Waals surface area contributed by atoms with Gasteiger partial charge in [-0.1, -0.05) is 19.1 Å². The zero-order chi connectivity index (χ0) is 14.1. The zero-order valence-electron chi connectivity index (χ0n) is 10.8. The van der Waals surface area contributed by atoms with E-state index in [0.29, 0.717) is 5.92 Å². The molecule has 1 aromatic carbocycles. The highest BCUT2D eigenvalue weighted by atomic mass is 19.4. The third-order valence-corrected chi connectivity index (χ3v) is 3.81. The average Bonchev–Trinajstić information content (AvgIpc) is 2.31. The van der Waals surface area contributed by atoms with E-state index in [0.717, 1.165) is 31.2 Å². The van der Waals surface area contributed by atoms with E-state index < -0.39 is 11.9 Å². The Morgan fingerprint density at radius 3 is 2.47 bits per heavy atom. The van der Waals surface area contributed by atoms with Crippen LogP contribution in [0.1, 0.15) is 38.2 Å². The molecule has 1 aliphatic rings.